The molecule has 0 fully saturated rings. The number of nitrogens with one attached hydrogen (secondary N) is 1. The SMILES string of the molecule is CCN(CC(=O)NC(C)C)Cc1nc(-c2ccc(C)c(F)c2)no1. The number of rotatable bonds is 7. The number of carbonyl (C=O) groups excluding carboxylic acids is 1. The van der Waals surface area contributed by atoms with Crippen molar-refractivity contribution in [3.63, 3.8) is 0 Å². The molecule has 0 aliphatic rings. The Morgan fingerprint density at radius 3 is 2.79 bits per heavy atom. The van der Waals surface area contributed by atoms with Gasteiger partial charge in [0.15, 0.2) is 0 Å². The maximum absolute atomic E-state index is 13.6. The molecule has 1 heterocycles. The van der Waals surface area contributed by atoms with Crippen molar-refractivity contribution < 1.29 is 13.7 Å². The Labute approximate surface area is 141 Å². The highest BCUT2D eigenvalue weighted by molar-refractivity contribution is 5.78. The van der Waals surface area contributed by atoms with Crippen LogP contribution in [0.2, 0.25) is 0 Å². The minimum absolute atomic E-state index is 0.0489. The number of aryl methyl sites for hydroxylation is 1. The summed E-state index contributed by atoms with van der Waals surface area (Å²) in [5.74, 6) is 0.378. The van der Waals surface area contributed by atoms with E-state index in [2.05, 4.69) is 15.5 Å². The number of amides is 1. The number of likely N-dealkylation sites (N-methyl/N-ethyl adjacent to an activating group) is 1. The second-order valence-corrected chi connectivity index (χ2v) is 6.00. The Hall–Kier alpha value is -2.28. The zero-order valence-electron chi connectivity index (χ0n) is 14.5. The number of carbonyl (C=O) groups is 1. The molecule has 0 saturated heterocycles. The maximum atomic E-state index is 13.6. The minimum atomic E-state index is -0.306. The normalized spacial score (nSPS) is 11.3. The number of hydrogen-bond acceptors (Lipinski definition) is 5. The Balaban J connectivity index is 2.03. The fourth-order valence-electron chi connectivity index (χ4n) is 2.21. The van der Waals surface area contributed by atoms with Crippen molar-refractivity contribution in [2.24, 2.45) is 0 Å². The molecule has 0 aliphatic carbocycles. The molecule has 1 N–H and O–H groups in total. The largest absolute Gasteiger partial charge is 0.353 e. The average molecular weight is 334 g/mol. The smallest absolute Gasteiger partial charge is 0.241 e. The topological polar surface area (TPSA) is 71.3 Å². The van der Waals surface area contributed by atoms with Crippen LogP contribution in [0.5, 0.6) is 0 Å². The van der Waals surface area contributed by atoms with Crippen LogP contribution in [0, 0.1) is 12.7 Å². The summed E-state index contributed by atoms with van der Waals surface area (Å²) >= 11 is 0. The quantitative estimate of drug-likeness (QED) is 0.842. The molecule has 1 aromatic carbocycles. The molecule has 7 heteroatoms. The first-order valence-corrected chi connectivity index (χ1v) is 7.99. The van der Waals surface area contributed by atoms with E-state index in [1.54, 1.807) is 19.1 Å². The Morgan fingerprint density at radius 1 is 1.42 bits per heavy atom. The molecule has 1 amide bonds. The average Bonchev–Trinajstić information content (AvgIpc) is 2.97. The van der Waals surface area contributed by atoms with Gasteiger partial charge in [-0.05, 0) is 38.9 Å². The molecule has 0 aliphatic heterocycles. The molecular formula is C17H23FN4O2. The van der Waals surface area contributed by atoms with Crippen molar-refractivity contribution in [3.05, 3.63) is 35.5 Å². The zero-order chi connectivity index (χ0) is 17.7. The molecular weight excluding hydrogens is 311 g/mol. The summed E-state index contributed by atoms with van der Waals surface area (Å²) < 4.78 is 18.9. The number of halogens is 1. The lowest BCUT2D eigenvalue weighted by atomic mass is 10.1. The molecule has 1 aromatic heterocycles. The molecule has 0 unspecified atom stereocenters. The van der Waals surface area contributed by atoms with Crippen molar-refractivity contribution in [2.45, 2.75) is 40.3 Å². The number of benzene rings is 1. The van der Waals surface area contributed by atoms with Gasteiger partial charge in [-0.2, -0.15) is 4.98 Å². The summed E-state index contributed by atoms with van der Waals surface area (Å²) in [7, 11) is 0. The van der Waals surface area contributed by atoms with Gasteiger partial charge in [-0.15, -0.1) is 0 Å². The predicted octanol–water partition coefficient (Wildman–Crippen LogP) is 2.53. The van der Waals surface area contributed by atoms with Gasteiger partial charge in [0, 0.05) is 11.6 Å². The summed E-state index contributed by atoms with van der Waals surface area (Å²) in [5.41, 5.74) is 1.13. The van der Waals surface area contributed by atoms with E-state index in [1.807, 2.05) is 25.7 Å². The van der Waals surface area contributed by atoms with Crippen molar-refractivity contribution >= 4 is 5.91 Å². The molecule has 0 radical (unpaired) electrons. The molecule has 0 spiro atoms. The molecule has 24 heavy (non-hydrogen) atoms. The van der Waals surface area contributed by atoms with Gasteiger partial charge in [0.05, 0.1) is 13.1 Å². The third-order valence-electron chi connectivity index (χ3n) is 3.52. The summed E-state index contributed by atoms with van der Waals surface area (Å²) in [6, 6.07) is 4.91. The predicted molar refractivity (Wildman–Crippen MR) is 88.7 cm³/mol. The van der Waals surface area contributed by atoms with E-state index in [0.29, 0.717) is 35.9 Å². The lowest BCUT2D eigenvalue weighted by Gasteiger charge is -2.18. The Morgan fingerprint density at radius 2 is 2.17 bits per heavy atom. The van der Waals surface area contributed by atoms with E-state index in [9.17, 15) is 9.18 Å². The van der Waals surface area contributed by atoms with Gasteiger partial charge in [-0.3, -0.25) is 9.69 Å². The molecule has 0 atom stereocenters. The highest BCUT2D eigenvalue weighted by Gasteiger charge is 2.15. The number of aromatic nitrogens is 2. The van der Waals surface area contributed by atoms with Gasteiger partial charge < -0.3 is 9.84 Å². The molecule has 0 bridgehead atoms. The molecule has 2 rings (SSSR count). The minimum Gasteiger partial charge on any atom is -0.353 e. The maximum Gasteiger partial charge on any atom is 0.241 e. The molecule has 130 valence electrons. The monoisotopic (exact) mass is 334 g/mol. The summed E-state index contributed by atoms with van der Waals surface area (Å²) in [4.78, 5) is 18.0. The fourth-order valence-corrected chi connectivity index (χ4v) is 2.21. The van der Waals surface area contributed by atoms with Crippen LogP contribution >= 0.6 is 0 Å². The van der Waals surface area contributed by atoms with Crippen LogP contribution in [0.1, 0.15) is 32.2 Å². The number of nitrogens with zero attached hydrogens (tertiary/aromatic N) is 3. The van der Waals surface area contributed by atoms with Crippen LogP contribution in [0.3, 0.4) is 0 Å². The summed E-state index contributed by atoms with van der Waals surface area (Å²) in [5, 5.41) is 6.74. The summed E-state index contributed by atoms with van der Waals surface area (Å²) in [6.45, 7) is 8.77. The Kier molecular flexibility index (Phi) is 6.03. The van der Waals surface area contributed by atoms with Crippen molar-refractivity contribution in [1.82, 2.24) is 20.4 Å². The lowest BCUT2D eigenvalue weighted by Crippen LogP contribution is -2.39. The van der Waals surface area contributed by atoms with E-state index >= 15 is 0 Å². The highest BCUT2D eigenvalue weighted by Crippen LogP contribution is 2.19. The molecule has 6 nitrogen and oxygen atoms in total. The second kappa shape index (κ2) is 8.01. The first kappa shape index (κ1) is 18.1. The van der Waals surface area contributed by atoms with Gasteiger partial charge in [0.2, 0.25) is 17.6 Å². The van der Waals surface area contributed by atoms with Crippen LogP contribution in [0.15, 0.2) is 22.7 Å². The van der Waals surface area contributed by atoms with Crippen molar-refractivity contribution in [3.8, 4) is 11.4 Å². The van der Waals surface area contributed by atoms with Gasteiger partial charge in [0.25, 0.3) is 0 Å². The first-order valence-electron chi connectivity index (χ1n) is 7.99. The second-order valence-electron chi connectivity index (χ2n) is 6.00. The lowest BCUT2D eigenvalue weighted by molar-refractivity contribution is -0.122. The number of hydrogen-bond donors (Lipinski definition) is 1. The van der Waals surface area contributed by atoms with Crippen LogP contribution in [-0.4, -0.2) is 40.1 Å². The standard InChI is InChI=1S/C17H23FN4O2/c1-5-22(9-15(23)19-11(2)3)10-16-20-17(21-24-16)13-7-6-12(4)14(18)8-13/h6-8,11H,5,9-10H2,1-4H3,(H,19,23). The zero-order valence-corrected chi connectivity index (χ0v) is 14.5. The molecule has 0 saturated carbocycles. The van der Waals surface area contributed by atoms with Crippen molar-refractivity contribution in [2.75, 3.05) is 13.1 Å². The van der Waals surface area contributed by atoms with Gasteiger partial charge >= 0.3 is 0 Å². The van der Waals surface area contributed by atoms with Crippen molar-refractivity contribution in [1.29, 1.82) is 0 Å². The van der Waals surface area contributed by atoms with Gasteiger partial charge in [-0.25, -0.2) is 4.39 Å². The van der Waals surface area contributed by atoms with E-state index < -0.39 is 0 Å². The Bertz CT molecular complexity index is 700. The van der Waals surface area contributed by atoms with Crippen LogP contribution in [-0.2, 0) is 11.3 Å². The highest BCUT2D eigenvalue weighted by atomic mass is 19.1. The van der Waals surface area contributed by atoms with Crippen LogP contribution in [0.25, 0.3) is 11.4 Å². The summed E-state index contributed by atoms with van der Waals surface area (Å²) in [6.07, 6.45) is 0. The first-order chi connectivity index (χ1) is 11.4. The van der Waals surface area contributed by atoms with Gasteiger partial charge in [-0.1, -0.05) is 24.2 Å². The third-order valence-corrected chi connectivity index (χ3v) is 3.52. The third kappa shape index (κ3) is 4.86. The fraction of sp³-hybridized carbons (Fsp3) is 0.471. The van der Waals surface area contributed by atoms with E-state index in [1.165, 1.54) is 6.07 Å². The van der Waals surface area contributed by atoms with Crippen LogP contribution < -0.4 is 5.32 Å². The van der Waals surface area contributed by atoms with E-state index in [4.69, 9.17) is 4.52 Å². The van der Waals surface area contributed by atoms with E-state index in [0.717, 1.165) is 0 Å². The van der Waals surface area contributed by atoms with Crippen LogP contribution in [0.4, 0.5) is 4.39 Å². The molecule has 2 aromatic rings. The van der Waals surface area contributed by atoms with Gasteiger partial charge in [0.1, 0.15) is 5.82 Å². The van der Waals surface area contributed by atoms with E-state index in [-0.39, 0.29) is 24.3 Å².